The Balaban J connectivity index is 1.28. The number of hydrogen-bond donors (Lipinski definition) is 1. The summed E-state index contributed by atoms with van der Waals surface area (Å²) >= 11 is 0. The SMILES string of the molecule is CN1CCN(c2ccc(NC(=O)CCc3ccc(-c4ccccc4F)o3)cc2)CC1. The van der Waals surface area contributed by atoms with Crippen LogP contribution < -0.4 is 10.2 Å². The van der Waals surface area contributed by atoms with Gasteiger partial charge >= 0.3 is 0 Å². The second-order valence-corrected chi connectivity index (χ2v) is 7.63. The second-order valence-electron chi connectivity index (χ2n) is 7.63. The average molecular weight is 407 g/mol. The molecule has 1 aliphatic heterocycles. The Kier molecular flexibility index (Phi) is 6.14. The van der Waals surface area contributed by atoms with Crippen LogP contribution in [-0.4, -0.2) is 44.0 Å². The van der Waals surface area contributed by atoms with Gasteiger partial charge in [-0.25, -0.2) is 4.39 Å². The van der Waals surface area contributed by atoms with Crippen LogP contribution in [0.2, 0.25) is 0 Å². The van der Waals surface area contributed by atoms with Crippen molar-refractivity contribution in [3.8, 4) is 11.3 Å². The Morgan fingerprint density at radius 2 is 1.73 bits per heavy atom. The predicted octanol–water partition coefficient (Wildman–Crippen LogP) is 4.41. The molecule has 1 aliphatic rings. The summed E-state index contributed by atoms with van der Waals surface area (Å²) in [5.74, 6) is 0.735. The molecular weight excluding hydrogens is 381 g/mol. The number of anilines is 2. The fourth-order valence-electron chi connectivity index (χ4n) is 3.60. The van der Waals surface area contributed by atoms with Gasteiger partial charge in [-0.2, -0.15) is 0 Å². The normalized spacial score (nSPS) is 14.7. The highest BCUT2D eigenvalue weighted by Crippen LogP contribution is 2.25. The number of nitrogens with zero attached hydrogens (tertiary/aromatic N) is 2. The number of halogens is 1. The molecule has 1 amide bonds. The molecule has 0 bridgehead atoms. The van der Waals surface area contributed by atoms with E-state index in [0.717, 1.165) is 31.9 Å². The van der Waals surface area contributed by atoms with Gasteiger partial charge in [0.15, 0.2) is 0 Å². The molecule has 2 heterocycles. The molecule has 0 radical (unpaired) electrons. The standard InChI is InChI=1S/C24H26FN3O2/c1-27-14-16-28(17-15-27)19-8-6-18(7-9-19)26-24(29)13-11-20-10-12-23(30-20)21-4-2-3-5-22(21)25/h2-10,12H,11,13-17H2,1H3,(H,26,29). The van der Waals surface area contributed by atoms with Gasteiger partial charge in [0.2, 0.25) is 5.91 Å². The molecule has 1 aromatic heterocycles. The first-order valence-corrected chi connectivity index (χ1v) is 10.3. The maximum atomic E-state index is 13.9. The summed E-state index contributed by atoms with van der Waals surface area (Å²) in [5.41, 5.74) is 2.38. The molecule has 2 aromatic carbocycles. The van der Waals surface area contributed by atoms with Crippen LogP contribution in [0.5, 0.6) is 0 Å². The van der Waals surface area contributed by atoms with Gasteiger partial charge in [0.25, 0.3) is 0 Å². The minimum atomic E-state index is -0.323. The van der Waals surface area contributed by atoms with E-state index in [4.69, 9.17) is 4.42 Å². The van der Waals surface area contributed by atoms with Crippen LogP contribution in [-0.2, 0) is 11.2 Å². The Labute approximate surface area is 176 Å². The lowest BCUT2D eigenvalue weighted by atomic mass is 10.1. The van der Waals surface area contributed by atoms with Crippen molar-refractivity contribution in [3.63, 3.8) is 0 Å². The highest BCUT2D eigenvalue weighted by Gasteiger charge is 2.14. The fraction of sp³-hybridized carbons (Fsp3) is 0.292. The zero-order valence-corrected chi connectivity index (χ0v) is 17.1. The Bertz CT molecular complexity index is 992. The average Bonchev–Trinajstić information content (AvgIpc) is 3.23. The molecular formula is C24H26FN3O2. The zero-order chi connectivity index (χ0) is 20.9. The molecule has 1 saturated heterocycles. The van der Waals surface area contributed by atoms with Gasteiger partial charge in [-0.1, -0.05) is 12.1 Å². The first-order chi connectivity index (χ1) is 14.6. The van der Waals surface area contributed by atoms with Crippen LogP contribution in [0.15, 0.2) is 65.1 Å². The number of rotatable bonds is 6. The molecule has 0 atom stereocenters. The van der Waals surface area contributed by atoms with E-state index in [2.05, 4.69) is 22.2 Å². The van der Waals surface area contributed by atoms with Gasteiger partial charge in [-0.3, -0.25) is 4.79 Å². The van der Waals surface area contributed by atoms with Crippen molar-refractivity contribution in [1.82, 2.24) is 4.90 Å². The number of nitrogens with one attached hydrogen (secondary N) is 1. The zero-order valence-electron chi connectivity index (χ0n) is 17.1. The van der Waals surface area contributed by atoms with E-state index in [9.17, 15) is 9.18 Å². The summed E-state index contributed by atoms with van der Waals surface area (Å²) in [7, 11) is 2.14. The molecule has 30 heavy (non-hydrogen) atoms. The van der Waals surface area contributed by atoms with E-state index in [-0.39, 0.29) is 11.7 Å². The quantitative estimate of drug-likeness (QED) is 0.658. The molecule has 0 aliphatic carbocycles. The maximum Gasteiger partial charge on any atom is 0.224 e. The van der Waals surface area contributed by atoms with Crippen LogP contribution in [0.3, 0.4) is 0 Å². The first kappa shape index (κ1) is 20.2. The molecule has 5 nitrogen and oxygen atoms in total. The Hall–Kier alpha value is -3.12. The summed E-state index contributed by atoms with van der Waals surface area (Å²) in [6.45, 7) is 4.15. The fourth-order valence-corrected chi connectivity index (χ4v) is 3.60. The molecule has 1 fully saturated rings. The summed E-state index contributed by atoms with van der Waals surface area (Å²) < 4.78 is 19.6. The van der Waals surface area contributed by atoms with Crippen molar-refractivity contribution in [2.75, 3.05) is 43.4 Å². The number of carbonyl (C=O) groups is 1. The lowest BCUT2D eigenvalue weighted by molar-refractivity contribution is -0.116. The van der Waals surface area contributed by atoms with Crippen LogP contribution in [0.25, 0.3) is 11.3 Å². The minimum Gasteiger partial charge on any atom is -0.461 e. The van der Waals surface area contributed by atoms with Gasteiger partial charge in [0, 0.05) is 50.4 Å². The minimum absolute atomic E-state index is 0.0776. The molecule has 3 aromatic rings. The molecule has 4 rings (SSSR count). The lowest BCUT2D eigenvalue weighted by Gasteiger charge is -2.34. The maximum absolute atomic E-state index is 13.9. The number of piperazine rings is 1. The second kappa shape index (κ2) is 9.13. The van der Waals surface area contributed by atoms with Gasteiger partial charge in [-0.05, 0) is 55.6 Å². The highest BCUT2D eigenvalue weighted by atomic mass is 19.1. The number of hydrogen-bond acceptors (Lipinski definition) is 4. The van der Waals surface area contributed by atoms with Crippen molar-refractivity contribution in [2.45, 2.75) is 12.8 Å². The van der Waals surface area contributed by atoms with Gasteiger partial charge in [-0.15, -0.1) is 0 Å². The Morgan fingerprint density at radius 3 is 2.47 bits per heavy atom. The topological polar surface area (TPSA) is 48.7 Å². The largest absolute Gasteiger partial charge is 0.461 e. The van der Waals surface area contributed by atoms with Crippen molar-refractivity contribution in [1.29, 1.82) is 0 Å². The molecule has 0 unspecified atom stereocenters. The highest BCUT2D eigenvalue weighted by molar-refractivity contribution is 5.91. The molecule has 156 valence electrons. The number of aryl methyl sites for hydroxylation is 1. The first-order valence-electron chi connectivity index (χ1n) is 10.3. The smallest absolute Gasteiger partial charge is 0.224 e. The van der Waals surface area contributed by atoms with Crippen LogP contribution in [0.1, 0.15) is 12.2 Å². The third kappa shape index (κ3) is 4.89. The number of benzene rings is 2. The Morgan fingerprint density at radius 1 is 1.00 bits per heavy atom. The summed E-state index contributed by atoms with van der Waals surface area (Å²) in [4.78, 5) is 17.0. The number of carbonyl (C=O) groups excluding carboxylic acids is 1. The van der Waals surface area contributed by atoms with Crippen LogP contribution in [0.4, 0.5) is 15.8 Å². The molecule has 0 spiro atoms. The van der Waals surface area contributed by atoms with Gasteiger partial charge < -0.3 is 19.5 Å². The molecule has 0 saturated carbocycles. The van der Waals surface area contributed by atoms with E-state index in [0.29, 0.717) is 29.9 Å². The van der Waals surface area contributed by atoms with E-state index in [1.165, 1.54) is 11.8 Å². The van der Waals surface area contributed by atoms with Crippen LogP contribution in [0, 0.1) is 5.82 Å². The monoisotopic (exact) mass is 407 g/mol. The van der Waals surface area contributed by atoms with Crippen molar-refractivity contribution >= 4 is 17.3 Å². The van der Waals surface area contributed by atoms with E-state index in [1.54, 1.807) is 30.3 Å². The summed E-state index contributed by atoms with van der Waals surface area (Å²) in [5, 5.41) is 2.93. The number of amides is 1. The third-order valence-corrected chi connectivity index (χ3v) is 5.42. The van der Waals surface area contributed by atoms with Crippen molar-refractivity contribution < 1.29 is 13.6 Å². The predicted molar refractivity (Wildman–Crippen MR) is 117 cm³/mol. The summed E-state index contributed by atoms with van der Waals surface area (Å²) in [6, 6.07) is 18.0. The van der Waals surface area contributed by atoms with E-state index >= 15 is 0 Å². The lowest BCUT2D eigenvalue weighted by Crippen LogP contribution is -2.44. The molecule has 6 heteroatoms. The van der Waals surface area contributed by atoms with Gasteiger partial charge in [0.05, 0.1) is 5.56 Å². The van der Waals surface area contributed by atoms with Crippen molar-refractivity contribution in [2.24, 2.45) is 0 Å². The van der Waals surface area contributed by atoms with E-state index < -0.39 is 0 Å². The van der Waals surface area contributed by atoms with E-state index in [1.807, 2.05) is 24.3 Å². The van der Waals surface area contributed by atoms with Crippen molar-refractivity contribution in [3.05, 3.63) is 72.2 Å². The summed E-state index contributed by atoms with van der Waals surface area (Å²) in [6.07, 6.45) is 0.754. The third-order valence-electron chi connectivity index (χ3n) is 5.42. The number of furan rings is 1. The van der Waals surface area contributed by atoms with Gasteiger partial charge in [0.1, 0.15) is 17.3 Å². The van der Waals surface area contributed by atoms with Crippen LogP contribution >= 0.6 is 0 Å². The number of likely N-dealkylation sites (N-methyl/N-ethyl adjacent to an activating group) is 1. The molecule has 1 N–H and O–H groups in total.